The van der Waals surface area contributed by atoms with Crippen LogP contribution in [0.5, 0.6) is 0 Å². The van der Waals surface area contributed by atoms with Gasteiger partial charge in [0.05, 0.1) is 22.3 Å². The number of rotatable bonds is 2. The van der Waals surface area contributed by atoms with Crippen molar-refractivity contribution in [3.63, 3.8) is 0 Å². The highest BCUT2D eigenvalue weighted by molar-refractivity contribution is 6.42. The number of benzene rings is 1. The van der Waals surface area contributed by atoms with Crippen LogP contribution in [0.4, 0.5) is 0 Å². The SMILES string of the molecule is CC1CCC(C(O)c2cccc(Cl)c2Cl)O1. The monoisotopic (exact) mass is 260 g/mol. The molecule has 16 heavy (non-hydrogen) atoms. The van der Waals surface area contributed by atoms with Gasteiger partial charge in [-0.3, -0.25) is 0 Å². The van der Waals surface area contributed by atoms with Crippen LogP contribution in [-0.2, 0) is 4.74 Å². The van der Waals surface area contributed by atoms with Crippen molar-refractivity contribution in [1.29, 1.82) is 0 Å². The van der Waals surface area contributed by atoms with Crippen molar-refractivity contribution in [2.75, 3.05) is 0 Å². The molecule has 4 heteroatoms. The van der Waals surface area contributed by atoms with E-state index in [4.69, 9.17) is 27.9 Å². The summed E-state index contributed by atoms with van der Waals surface area (Å²) < 4.78 is 5.62. The maximum Gasteiger partial charge on any atom is 0.107 e. The van der Waals surface area contributed by atoms with Crippen molar-refractivity contribution in [2.24, 2.45) is 0 Å². The first-order valence-electron chi connectivity index (χ1n) is 5.37. The third-order valence-corrected chi connectivity index (χ3v) is 3.75. The molecule has 0 amide bonds. The third-order valence-electron chi connectivity index (χ3n) is 2.92. The first-order chi connectivity index (χ1) is 7.59. The molecular weight excluding hydrogens is 247 g/mol. The van der Waals surface area contributed by atoms with Crippen molar-refractivity contribution >= 4 is 23.2 Å². The Balaban J connectivity index is 2.20. The van der Waals surface area contributed by atoms with E-state index in [0.717, 1.165) is 12.8 Å². The van der Waals surface area contributed by atoms with Gasteiger partial charge in [-0.05, 0) is 25.8 Å². The standard InChI is InChI=1S/C12H14Cl2O2/c1-7-5-6-10(16-7)12(15)8-3-2-4-9(13)11(8)14/h2-4,7,10,12,15H,5-6H2,1H3. The van der Waals surface area contributed by atoms with Gasteiger partial charge in [0.25, 0.3) is 0 Å². The second kappa shape index (κ2) is 4.92. The van der Waals surface area contributed by atoms with Crippen LogP contribution in [0.2, 0.25) is 10.0 Å². The molecule has 1 fully saturated rings. The highest BCUT2D eigenvalue weighted by atomic mass is 35.5. The second-order valence-corrected chi connectivity index (χ2v) is 4.94. The fourth-order valence-corrected chi connectivity index (χ4v) is 2.43. The number of aliphatic hydroxyl groups is 1. The summed E-state index contributed by atoms with van der Waals surface area (Å²) in [5.41, 5.74) is 0.647. The van der Waals surface area contributed by atoms with Crippen molar-refractivity contribution in [3.05, 3.63) is 33.8 Å². The predicted octanol–water partition coefficient (Wildman–Crippen LogP) is 3.59. The zero-order chi connectivity index (χ0) is 11.7. The smallest absolute Gasteiger partial charge is 0.107 e. The van der Waals surface area contributed by atoms with E-state index in [0.29, 0.717) is 15.6 Å². The van der Waals surface area contributed by atoms with Crippen molar-refractivity contribution in [2.45, 2.75) is 38.1 Å². The molecule has 1 heterocycles. The van der Waals surface area contributed by atoms with Gasteiger partial charge in [0, 0.05) is 5.56 Å². The van der Waals surface area contributed by atoms with Crippen molar-refractivity contribution in [3.8, 4) is 0 Å². The van der Waals surface area contributed by atoms with Crippen LogP contribution < -0.4 is 0 Å². The zero-order valence-corrected chi connectivity index (χ0v) is 10.5. The van der Waals surface area contributed by atoms with Crippen molar-refractivity contribution in [1.82, 2.24) is 0 Å². The Hall–Kier alpha value is -0.280. The van der Waals surface area contributed by atoms with Gasteiger partial charge < -0.3 is 9.84 Å². The second-order valence-electron chi connectivity index (χ2n) is 4.15. The molecule has 3 unspecified atom stereocenters. The topological polar surface area (TPSA) is 29.5 Å². The summed E-state index contributed by atoms with van der Waals surface area (Å²) in [6.45, 7) is 2.01. The van der Waals surface area contributed by atoms with E-state index in [1.807, 2.05) is 6.92 Å². The molecule has 1 N–H and O–H groups in total. The lowest BCUT2D eigenvalue weighted by molar-refractivity contribution is -0.0297. The Morgan fingerprint density at radius 2 is 2.12 bits per heavy atom. The Morgan fingerprint density at radius 3 is 2.75 bits per heavy atom. The maximum absolute atomic E-state index is 10.2. The number of hydrogen-bond donors (Lipinski definition) is 1. The molecule has 0 aromatic heterocycles. The molecule has 0 aliphatic carbocycles. The van der Waals surface area contributed by atoms with E-state index in [1.165, 1.54) is 0 Å². The lowest BCUT2D eigenvalue weighted by Gasteiger charge is -2.20. The van der Waals surface area contributed by atoms with Gasteiger partial charge in [0.1, 0.15) is 6.10 Å². The molecule has 3 atom stereocenters. The summed E-state index contributed by atoms with van der Waals surface area (Å²) in [7, 11) is 0. The van der Waals surface area contributed by atoms with E-state index in [2.05, 4.69) is 0 Å². The first kappa shape index (κ1) is 12.2. The first-order valence-corrected chi connectivity index (χ1v) is 6.12. The molecular formula is C12H14Cl2O2. The van der Waals surface area contributed by atoms with Gasteiger partial charge in [-0.1, -0.05) is 35.3 Å². The van der Waals surface area contributed by atoms with E-state index >= 15 is 0 Å². The number of hydrogen-bond acceptors (Lipinski definition) is 2. The number of ether oxygens (including phenoxy) is 1. The molecule has 0 bridgehead atoms. The minimum atomic E-state index is -0.698. The lowest BCUT2D eigenvalue weighted by atomic mass is 10.0. The van der Waals surface area contributed by atoms with Crippen LogP contribution in [-0.4, -0.2) is 17.3 Å². The van der Waals surface area contributed by atoms with Gasteiger partial charge in [-0.2, -0.15) is 0 Å². The lowest BCUT2D eigenvalue weighted by Crippen LogP contribution is -2.19. The fraction of sp³-hybridized carbons (Fsp3) is 0.500. The van der Waals surface area contributed by atoms with E-state index < -0.39 is 6.10 Å². The van der Waals surface area contributed by atoms with E-state index in [9.17, 15) is 5.11 Å². The Kier molecular flexibility index (Phi) is 3.75. The van der Waals surface area contributed by atoms with Crippen LogP contribution >= 0.6 is 23.2 Å². The average Bonchev–Trinajstić information content (AvgIpc) is 2.68. The highest BCUT2D eigenvalue weighted by Crippen LogP contribution is 2.35. The Labute approximate surface area is 105 Å². The van der Waals surface area contributed by atoms with Gasteiger partial charge in [-0.15, -0.1) is 0 Å². The molecule has 1 aromatic carbocycles. The number of aliphatic hydroxyl groups excluding tert-OH is 1. The molecule has 2 nitrogen and oxygen atoms in total. The summed E-state index contributed by atoms with van der Waals surface area (Å²) in [6, 6.07) is 5.27. The van der Waals surface area contributed by atoms with Crippen LogP contribution in [0.25, 0.3) is 0 Å². The van der Waals surface area contributed by atoms with Gasteiger partial charge in [0.15, 0.2) is 0 Å². The summed E-state index contributed by atoms with van der Waals surface area (Å²) in [4.78, 5) is 0. The Morgan fingerprint density at radius 1 is 1.38 bits per heavy atom. The van der Waals surface area contributed by atoms with E-state index in [1.54, 1.807) is 18.2 Å². The van der Waals surface area contributed by atoms with Gasteiger partial charge >= 0.3 is 0 Å². The fourth-order valence-electron chi connectivity index (χ4n) is 2.01. The summed E-state index contributed by atoms with van der Waals surface area (Å²) in [6.07, 6.45) is 1.16. The predicted molar refractivity (Wildman–Crippen MR) is 65.0 cm³/mol. The molecule has 0 spiro atoms. The average molecular weight is 261 g/mol. The minimum Gasteiger partial charge on any atom is -0.386 e. The summed E-state index contributed by atoms with van der Waals surface area (Å²) in [5, 5.41) is 11.1. The minimum absolute atomic E-state index is 0.175. The van der Waals surface area contributed by atoms with E-state index in [-0.39, 0.29) is 12.2 Å². The van der Waals surface area contributed by atoms with Gasteiger partial charge in [0.2, 0.25) is 0 Å². The quantitative estimate of drug-likeness (QED) is 0.881. The van der Waals surface area contributed by atoms with Gasteiger partial charge in [-0.25, -0.2) is 0 Å². The van der Waals surface area contributed by atoms with Crippen LogP contribution in [0.1, 0.15) is 31.4 Å². The Bertz CT molecular complexity index is 381. The molecule has 1 saturated heterocycles. The third kappa shape index (κ3) is 2.35. The molecule has 0 saturated carbocycles. The highest BCUT2D eigenvalue weighted by Gasteiger charge is 2.30. The summed E-state index contributed by atoms with van der Waals surface area (Å²) >= 11 is 12.0. The molecule has 88 valence electrons. The van der Waals surface area contributed by atoms with Crippen LogP contribution in [0.3, 0.4) is 0 Å². The molecule has 1 aliphatic rings. The largest absolute Gasteiger partial charge is 0.386 e. The van der Waals surface area contributed by atoms with Crippen LogP contribution in [0.15, 0.2) is 18.2 Å². The number of halogens is 2. The molecule has 2 rings (SSSR count). The maximum atomic E-state index is 10.2. The molecule has 0 radical (unpaired) electrons. The molecule has 1 aromatic rings. The normalized spacial score (nSPS) is 27.0. The zero-order valence-electron chi connectivity index (χ0n) is 8.99. The summed E-state index contributed by atoms with van der Waals surface area (Å²) in [5.74, 6) is 0. The molecule has 1 aliphatic heterocycles. The van der Waals surface area contributed by atoms with Crippen molar-refractivity contribution < 1.29 is 9.84 Å². The van der Waals surface area contributed by atoms with Crippen LogP contribution in [0, 0.1) is 0 Å².